The van der Waals surface area contributed by atoms with Gasteiger partial charge in [-0.2, -0.15) is 0 Å². The monoisotopic (exact) mass is 256 g/mol. The molecule has 17 heavy (non-hydrogen) atoms. The Morgan fingerprint density at radius 3 is 2.82 bits per heavy atom. The van der Waals surface area contributed by atoms with Gasteiger partial charge in [0.05, 0.1) is 5.02 Å². The van der Waals surface area contributed by atoms with E-state index in [2.05, 4.69) is 0 Å². The summed E-state index contributed by atoms with van der Waals surface area (Å²) < 4.78 is 18.2. The normalized spacial score (nSPS) is 16.9. The number of halogens is 2. The van der Waals surface area contributed by atoms with E-state index in [1.807, 2.05) is 0 Å². The molecule has 1 aromatic rings. The summed E-state index contributed by atoms with van der Waals surface area (Å²) in [4.78, 5) is 12.0. The van der Waals surface area contributed by atoms with E-state index in [4.69, 9.17) is 16.3 Å². The smallest absolute Gasteiger partial charge is 0.166 e. The molecule has 0 bridgehead atoms. The third kappa shape index (κ3) is 3.05. The van der Waals surface area contributed by atoms with Gasteiger partial charge in [-0.05, 0) is 36.5 Å². The summed E-state index contributed by atoms with van der Waals surface area (Å²) in [5, 5.41) is 0.0516. The highest BCUT2D eigenvalue weighted by atomic mass is 35.5. The molecule has 1 unspecified atom stereocenters. The van der Waals surface area contributed by atoms with Crippen molar-refractivity contribution in [3.05, 3.63) is 34.6 Å². The van der Waals surface area contributed by atoms with Gasteiger partial charge >= 0.3 is 0 Å². The summed E-state index contributed by atoms with van der Waals surface area (Å²) in [6.45, 7) is 0. The molecule has 0 radical (unpaired) electrons. The molecule has 0 heterocycles. The zero-order valence-electron chi connectivity index (χ0n) is 9.58. The van der Waals surface area contributed by atoms with Crippen molar-refractivity contribution < 1.29 is 13.9 Å². The lowest BCUT2D eigenvalue weighted by atomic mass is 10.0. The first kappa shape index (κ1) is 12.5. The zero-order chi connectivity index (χ0) is 12.4. The maximum atomic E-state index is 13.0. The molecule has 0 aliphatic heterocycles. The van der Waals surface area contributed by atoms with Crippen LogP contribution in [0.5, 0.6) is 0 Å². The van der Waals surface area contributed by atoms with Crippen LogP contribution in [0.4, 0.5) is 4.39 Å². The molecule has 0 N–H and O–H groups in total. The van der Waals surface area contributed by atoms with Crippen molar-refractivity contribution in [3.63, 3.8) is 0 Å². The summed E-state index contributed by atoms with van der Waals surface area (Å²) >= 11 is 5.67. The van der Waals surface area contributed by atoms with E-state index >= 15 is 0 Å². The summed E-state index contributed by atoms with van der Waals surface area (Å²) in [7, 11) is 1.55. The van der Waals surface area contributed by atoms with E-state index < -0.39 is 5.82 Å². The van der Waals surface area contributed by atoms with Gasteiger partial charge in [-0.25, -0.2) is 4.39 Å². The van der Waals surface area contributed by atoms with Gasteiger partial charge in [0.1, 0.15) is 11.9 Å². The third-order valence-electron chi connectivity index (χ3n) is 2.98. The molecule has 1 atom stereocenters. The van der Waals surface area contributed by atoms with Gasteiger partial charge in [0.25, 0.3) is 0 Å². The second-order valence-corrected chi connectivity index (χ2v) is 4.79. The Labute approximate surface area is 105 Å². The predicted octanol–water partition coefficient (Wildman–Crippen LogP) is 3.02. The molecular weight excluding hydrogens is 243 g/mol. The molecule has 1 fully saturated rings. The second kappa shape index (κ2) is 5.15. The topological polar surface area (TPSA) is 26.3 Å². The molecule has 0 saturated heterocycles. The van der Waals surface area contributed by atoms with E-state index in [0.29, 0.717) is 5.92 Å². The van der Waals surface area contributed by atoms with Crippen LogP contribution in [0.3, 0.4) is 0 Å². The zero-order valence-corrected chi connectivity index (χ0v) is 10.3. The van der Waals surface area contributed by atoms with E-state index in [0.717, 1.165) is 18.4 Å². The average Bonchev–Trinajstić information content (AvgIpc) is 3.09. The molecule has 1 aromatic carbocycles. The molecule has 2 rings (SSSR count). The van der Waals surface area contributed by atoms with Crippen LogP contribution in [0.15, 0.2) is 18.2 Å². The van der Waals surface area contributed by atoms with Crippen molar-refractivity contribution in [2.45, 2.75) is 25.4 Å². The Morgan fingerprint density at radius 1 is 1.59 bits per heavy atom. The lowest BCUT2D eigenvalue weighted by Crippen LogP contribution is -2.26. The van der Waals surface area contributed by atoms with Crippen LogP contribution >= 0.6 is 11.6 Å². The first-order valence-electron chi connectivity index (χ1n) is 5.61. The average molecular weight is 257 g/mol. The minimum atomic E-state index is -0.464. The highest BCUT2D eigenvalue weighted by Crippen LogP contribution is 2.35. The molecule has 1 aliphatic carbocycles. The largest absolute Gasteiger partial charge is 0.373 e. The molecule has 0 spiro atoms. The maximum Gasteiger partial charge on any atom is 0.166 e. The van der Waals surface area contributed by atoms with Crippen LogP contribution in [0, 0.1) is 11.7 Å². The number of carbonyl (C=O) groups is 1. The van der Waals surface area contributed by atoms with Crippen molar-refractivity contribution in [3.8, 4) is 0 Å². The minimum absolute atomic E-state index is 0.0395. The van der Waals surface area contributed by atoms with Gasteiger partial charge in [-0.15, -0.1) is 0 Å². The number of rotatable bonds is 5. The minimum Gasteiger partial charge on any atom is -0.373 e. The Balaban J connectivity index is 2.04. The molecular formula is C13H14ClFO2. The van der Waals surface area contributed by atoms with Gasteiger partial charge < -0.3 is 4.74 Å². The summed E-state index contributed by atoms with van der Waals surface area (Å²) in [6, 6.07) is 4.36. The molecule has 1 aliphatic rings. The fourth-order valence-corrected chi connectivity index (χ4v) is 2.14. The van der Waals surface area contributed by atoms with Crippen molar-refractivity contribution in [2.24, 2.45) is 5.92 Å². The highest BCUT2D eigenvalue weighted by molar-refractivity contribution is 6.30. The molecule has 0 aromatic heterocycles. The predicted molar refractivity (Wildman–Crippen MR) is 63.6 cm³/mol. The molecule has 1 saturated carbocycles. The van der Waals surface area contributed by atoms with Gasteiger partial charge in [0, 0.05) is 13.5 Å². The Morgan fingerprint density at radius 2 is 2.29 bits per heavy atom. The van der Waals surface area contributed by atoms with Gasteiger partial charge in [-0.3, -0.25) is 4.79 Å². The summed E-state index contributed by atoms with van der Waals surface area (Å²) in [5.41, 5.74) is 0.726. The Hall–Kier alpha value is -0.930. The Kier molecular flexibility index (Phi) is 3.79. The van der Waals surface area contributed by atoms with Crippen molar-refractivity contribution in [2.75, 3.05) is 7.11 Å². The van der Waals surface area contributed by atoms with E-state index in [1.54, 1.807) is 13.2 Å². The van der Waals surface area contributed by atoms with Gasteiger partial charge in [0.2, 0.25) is 0 Å². The maximum absolute atomic E-state index is 13.0. The molecule has 92 valence electrons. The molecule has 0 amide bonds. The van der Waals surface area contributed by atoms with Crippen LogP contribution in [0.2, 0.25) is 5.02 Å². The van der Waals surface area contributed by atoms with Crippen LogP contribution in [0.25, 0.3) is 0 Å². The first-order chi connectivity index (χ1) is 8.11. The van der Waals surface area contributed by atoms with E-state index in [9.17, 15) is 9.18 Å². The number of methoxy groups -OCH3 is 1. The number of benzene rings is 1. The number of hydrogen-bond donors (Lipinski definition) is 0. The number of ketones is 1. The second-order valence-electron chi connectivity index (χ2n) is 4.39. The third-order valence-corrected chi connectivity index (χ3v) is 3.27. The highest BCUT2D eigenvalue weighted by Gasteiger charge is 2.35. The number of ether oxygens (including phenoxy) is 1. The van der Waals surface area contributed by atoms with Crippen molar-refractivity contribution in [1.82, 2.24) is 0 Å². The molecule has 4 heteroatoms. The fraction of sp³-hybridized carbons (Fsp3) is 0.462. The van der Waals surface area contributed by atoms with Crippen LogP contribution in [-0.4, -0.2) is 19.0 Å². The van der Waals surface area contributed by atoms with Gasteiger partial charge in [0.15, 0.2) is 5.78 Å². The fourth-order valence-electron chi connectivity index (χ4n) is 1.94. The SMILES string of the molecule is COC(C(=O)Cc1ccc(F)c(Cl)c1)C1CC1. The van der Waals surface area contributed by atoms with E-state index in [-0.39, 0.29) is 23.3 Å². The molecule has 2 nitrogen and oxygen atoms in total. The van der Waals surface area contributed by atoms with Crippen LogP contribution in [-0.2, 0) is 16.0 Å². The summed E-state index contributed by atoms with van der Waals surface area (Å²) in [6.07, 6.45) is 2.02. The lowest BCUT2D eigenvalue weighted by Gasteiger charge is -2.13. The quantitative estimate of drug-likeness (QED) is 0.810. The van der Waals surface area contributed by atoms with Gasteiger partial charge in [-0.1, -0.05) is 17.7 Å². The van der Waals surface area contributed by atoms with E-state index in [1.165, 1.54) is 12.1 Å². The van der Waals surface area contributed by atoms with Crippen molar-refractivity contribution >= 4 is 17.4 Å². The standard InChI is InChI=1S/C13H14ClFO2/c1-17-13(9-3-4-9)12(16)7-8-2-5-11(15)10(14)6-8/h2,5-6,9,13H,3-4,7H2,1H3. The lowest BCUT2D eigenvalue weighted by molar-refractivity contribution is -0.129. The first-order valence-corrected chi connectivity index (χ1v) is 5.99. The number of Topliss-reactive ketones (excluding diaryl/α,β-unsaturated/α-hetero) is 1. The van der Waals surface area contributed by atoms with Crippen LogP contribution in [0.1, 0.15) is 18.4 Å². The number of hydrogen-bond acceptors (Lipinski definition) is 2. The van der Waals surface area contributed by atoms with Crippen LogP contribution < -0.4 is 0 Å². The Bertz CT molecular complexity index is 429. The van der Waals surface area contributed by atoms with Crippen molar-refractivity contribution in [1.29, 1.82) is 0 Å². The summed E-state index contributed by atoms with van der Waals surface area (Å²) in [5.74, 6) is -0.0607. The number of carbonyl (C=O) groups excluding carboxylic acids is 1.